The van der Waals surface area contributed by atoms with E-state index in [1.54, 1.807) is 14.2 Å². The Hall–Kier alpha value is -1.75. The predicted octanol–water partition coefficient (Wildman–Crippen LogP) is 3.63. The van der Waals surface area contributed by atoms with Gasteiger partial charge in [0.15, 0.2) is 0 Å². The second-order valence-electron chi connectivity index (χ2n) is 7.38. The summed E-state index contributed by atoms with van der Waals surface area (Å²) in [7, 11) is 3.36. The number of ether oxygens (including phenoxy) is 2. The third-order valence-corrected chi connectivity index (χ3v) is 5.93. The monoisotopic (exact) mass is 360 g/mol. The summed E-state index contributed by atoms with van der Waals surface area (Å²) in [6.45, 7) is 4.65. The van der Waals surface area contributed by atoms with E-state index in [-0.39, 0.29) is 11.9 Å². The fourth-order valence-electron chi connectivity index (χ4n) is 4.48. The van der Waals surface area contributed by atoms with Crippen molar-refractivity contribution in [2.75, 3.05) is 33.9 Å². The van der Waals surface area contributed by atoms with Crippen LogP contribution in [0.25, 0.3) is 0 Å². The van der Waals surface area contributed by atoms with Crippen molar-refractivity contribution < 1.29 is 14.3 Å². The van der Waals surface area contributed by atoms with Gasteiger partial charge in [0.2, 0.25) is 5.91 Å². The van der Waals surface area contributed by atoms with Gasteiger partial charge in [0.05, 0.1) is 26.8 Å². The minimum Gasteiger partial charge on any atom is -0.497 e. The number of likely N-dealkylation sites (tertiary alicyclic amines) is 2. The predicted molar refractivity (Wildman–Crippen MR) is 103 cm³/mol. The molecule has 5 heteroatoms. The molecule has 0 N–H and O–H groups in total. The SMILES string of the molecule is CCC1CCCCN1CC(=O)N1CCCC1c1cc(OC)ccc1OC. The first-order valence-corrected chi connectivity index (χ1v) is 9.93. The molecular formula is C21H32N2O3. The maximum atomic E-state index is 13.1. The van der Waals surface area contributed by atoms with E-state index in [0.717, 1.165) is 49.4 Å². The molecule has 2 unspecified atom stereocenters. The molecule has 0 radical (unpaired) electrons. The average Bonchev–Trinajstić information content (AvgIpc) is 3.17. The first-order valence-electron chi connectivity index (χ1n) is 9.93. The quantitative estimate of drug-likeness (QED) is 0.777. The van der Waals surface area contributed by atoms with E-state index in [0.29, 0.717) is 12.6 Å². The Labute approximate surface area is 157 Å². The maximum absolute atomic E-state index is 13.1. The topological polar surface area (TPSA) is 42.0 Å². The molecule has 0 saturated carbocycles. The molecule has 0 aromatic heterocycles. The molecule has 0 spiro atoms. The Morgan fingerprint density at radius 2 is 1.96 bits per heavy atom. The number of hydrogen-bond donors (Lipinski definition) is 0. The van der Waals surface area contributed by atoms with Crippen LogP contribution in [0, 0.1) is 0 Å². The zero-order valence-corrected chi connectivity index (χ0v) is 16.4. The number of piperidine rings is 1. The van der Waals surface area contributed by atoms with Crippen LogP contribution < -0.4 is 9.47 Å². The van der Waals surface area contributed by atoms with Crippen molar-refractivity contribution in [1.82, 2.24) is 9.80 Å². The molecule has 26 heavy (non-hydrogen) atoms. The van der Waals surface area contributed by atoms with Crippen molar-refractivity contribution in [3.05, 3.63) is 23.8 Å². The summed E-state index contributed by atoms with van der Waals surface area (Å²) in [5, 5.41) is 0. The van der Waals surface area contributed by atoms with Crippen LogP contribution in [0.1, 0.15) is 57.1 Å². The number of nitrogens with zero attached hydrogens (tertiary/aromatic N) is 2. The van der Waals surface area contributed by atoms with Gasteiger partial charge in [-0.15, -0.1) is 0 Å². The van der Waals surface area contributed by atoms with E-state index < -0.39 is 0 Å². The Kier molecular flexibility index (Phi) is 6.41. The lowest BCUT2D eigenvalue weighted by Gasteiger charge is -2.36. The van der Waals surface area contributed by atoms with Crippen LogP contribution in [0.4, 0.5) is 0 Å². The summed E-state index contributed by atoms with van der Waals surface area (Å²) in [6.07, 6.45) is 6.85. The van der Waals surface area contributed by atoms with E-state index in [9.17, 15) is 4.79 Å². The average molecular weight is 360 g/mol. The maximum Gasteiger partial charge on any atom is 0.237 e. The molecule has 1 aromatic rings. The summed E-state index contributed by atoms with van der Waals surface area (Å²) in [5.74, 6) is 1.89. The van der Waals surface area contributed by atoms with Gasteiger partial charge in [-0.3, -0.25) is 9.69 Å². The van der Waals surface area contributed by atoms with Gasteiger partial charge < -0.3 is 14.4 Å². The largest absolute Gasteiger partial charge is 0.497 e. The number of rotatable bonds is 6. The highest BCUT2D eigenvalue weighted by molar-refractivity contribution is 5.79. The number of amides is 1. The van der Waals surface area contributed by atoms with Crippen LogP contribution in [-0.2, 0) is 4.79 Å². The lowest BCUT2D eigenvalue weighted by molar-refractivity contribution is -0.134. The van der Waals surface area contributed by atoms with Gasteiger partial charge in [0, 0.05) is 18.2 Å². The van der Waals surface area contributed by atoms with Crippen molar-refractivity contribution >= 4 is 5.91 Å². The smallest absolute Gasteiger partial charge is 0.237 e. The van der Waals surface area contributed by atoms with Gasteiger partial charge in [0.1, 0.15) is 11.5 Å². The first-order chi connectivity index (χ1) is 12.7. The van der Waals surface area contributed by atoms with E-state index in [1.165, 1.54) is 19.3 Å². The highest BCUT2D eigenvalue weighted by Gasteiger charge is 2.34. The molecule has 0 bridgehead atoms. The van der Waals surface area contributed by atoms with Gasteiger partial charge >= 0.3 is 0 Å². The second-order valence-corrected chi connectivity index (χ2v) is 7.38. The molecule has 2 aliphatic rings. The van der Waals surface area contributed by atoms with E-state index >= 15 is 0 Å². The van der Waals surface area contributed by atoms with Gasteiger partial charge in [-0.1, -0.05) is 13.3 Å². The Balaban J connectivity index is 1.76. The van der Waals surface area contributed by atoms with Crippen LogP contribution in [0.15, 0.2) is 18.2 Å². The lowest BCUT2D eigenvalue weighted by Crippen LogP contribution is -2.46. The zero-order chi connectivity index (χ0) is 18.5. The molecule has 0 aliphatic carbocycles. The third-order valence-electron chi connectivity index (χ3n) is 5.93. The molecule has 5 nitrogen and oxygen atoms in total. The molecule has 2 atom stereocenters. The number of carbonyl (C=O) groups is 1. The van der Waals surface area contributed by atoms with Gasteiger partial charge in [-0.25, -0.2) is 0 Å². The van der Waals surface area contributed by atoms with Crippen molar-refractivity contribution in [3.8, 4) is 11.5 Å². The Bertz CT molecular complexity index is 619. The fraction of sp³-hybridized carbons (Fsp3) is 0.667. The van der Waals surface area contributed by atoms with Crippen LogP contribution in [0.3, 0.4) is 0 Å². The number of hydrogen-bond acceptors (Lipinski definition) is 4. The summed E-state index contributed by atoms with van der Waals surface area (Å²) in [4.78, 5) is 17.6. The fourth-order valence-corrected chi connectivity index (χ4v) is 4.48. The molecular weight excluding hydrogens is 328 g/mol. The summed E-state index contributed by atoms with van der Waals surface area (Å²) in [6, 6.07) is 6.50. The standard InChI is InChI=1S/C21H32N2O3/c1-4-16-8-5-6-12-22(16)15-21(24)23-13-7-9-19(23)18-14-17(25-2)10-11-20(18)26-3/h10-11,14,16,19H,4-9,12-13,15H2,1-3H3. The van der Waals surface area contributed by atoms with Crippen molar-refractivity contribution in [1.29, 1.82) is 0 Å². The molecule has 2 saturated heterocycles. The summed E-state index contributed by atoms with van der Waals surface area (Å²) >= 11 is 0. The van der Waals surface area contributed by atoms with Gasteiger partial charge in [-0.05, 0) is 56.8 Å². The van der Waals surface area contributed by atoms with Crippen LogP contribution in [0.5, 0.6) is 11.5 Å². The minimum absolute atomic E-state index is 0.0809. The molecule has 3 rings (SSSR count). The Morgan fingerprint density at radius 3 is 2.69 bits per heavy atom. The first kappa shape index (κ1) is 19.0. The summed E-state index contributed by atoms with van der Waals surface area (Å²) in [5.41, 5.74) is 1.06. The van der Waals surface area contributed by atoms with E-state index in [2.05, 4.69) is 16.7 Å². The van der Waals surface area contributed by atoms with Crippen LogP contribution in [0.2, 0.25) is 0 Å². The van der Waals surface area contributed by atoms with Crippen LogP contribution >= 0.6 is 0 Å². The zero-order valence-electron chi connectivity index (χ0n) is 16.4. The van der Waals surface area contributed by atoms with Gasteiger partial charge in [-0.2, -0.15) is 0 Å². The van der Waals surface area contributed by atoms with Crippen LogP contribution in [-0.4, -0.2) is 55.6 Å². The van der Waals surface area contributed by atoms with E-state index in [1.807, 2.05) is 18.2 Å². The molecule has 1 aromatic carbocycles. The molecule has 2 aliphatic heterocycles. The van der Waals surface area contributed by atoms with Crippen molar-refractivity contribution in [2.45, 2.75) is 57.5 Å². The van der Waals surface area contributed by atoms with Crippen molar-refractivity contribution in [3.63, 3.8) is 0 Å². The van der Waals surface area contributed by atoms with E-state index in [4.69, 9.17) is 9.47 Å². The molecule has 144 valence electrons. The normalized spacial score (nSPS) is 23.9. The number of methoxy groups -OCH3 is 2. The third kappa shape index (κ3) is 3.98. The number of benzene rings is 1. The molecule has 2 heterocycles. The second kappa shape index (κ2) is 8.76. The van der Waals surface area contributed by atoms with Gasteiger partial charge in [0.25, 0.3) is 0 Å². The minimum atomic E-state index is 0.0809. The molecule has 2 fully saturated rings. The summed E-state index contributed by atoms with van der Waals surface area (Å²) < 4.78 is 11.0. The highest BCUT2D eigenvalue weighted by Crippen LogP contribution is 2.39. The molecule has 1 amide bonds. The highest BCUT2D eigenvalue weighted by atomic mass is 16.5. The lowest BCUT2D eigenvalue weighted by atomic mass is 10.00. The van der Waals surface area contributed by atoms with Crippen molar-refractivity contribution in [2.24, 2.45) is 0 Å². The Morgan fingerprint density at radius 1 is 1.12 bits per heavy atom. The number of carbonyl (C=O) groups excluding carboxylic acids is 1.